The third kappa shape index (κ3) is 7.12. The highest BCUT2D eigenvalue weighted by Crippen LogP contribution is 2.26. The van der Waals surface area contributed by atoms with Crippen LogP contribution in [0.4, 0.5) is 18.0 Å². The number of sulfone groups is 1. The Bertz CT molecular complexity index is 654. The molecule has 0 bridgehead atoms. The van der Waals surface area contributed by atoms with Crippen molar-refractivity contribution in [2.24, 2.45) is 5.92 Å². The molecule has 2 atom stereocenters. The average molecular weight is 431 g/mol. The van der Waals surface area contributed by atoms with Crippen LogP contribution in [0.1, 0.15) is 26.7 Å². The molecule has 0 aromatic heterocycles. The number of aliphatic carboxylic acids is 1. The molecular formula is C16H28F3N3O5S. The van der Waals surface area contributed by atoms with E-state index in [1.54, 1.807) is 4.90 Å². The SMILES string of the molecule is CC(C)CNC(=O)N1CC[C@@H]2[C@H](CC1)N(C)CCS2(=O)=O.O=C(O)C(F)(F)F. The first-order chi connectivity index (χ1) is 12.8. The number of amides is 2. The number of carbonyl (C=O) groups is 2. The molecule has 2 N–H and O–H groups in total. The lowest BCUT2D eigenvalue weighted by Crippen LogP contribution is -2.52. The smallest absolute Gasteiger partial charge is 0.475 e. The number of halogens is 3. The molecule has 2 fully saturated rings. The van der Waals surface area contributed by atoms with Gasteiger partial charge in [0.1, 0.15) is 0 Å². The number of likely N-dealkylation sites (tertiary alicyclic amines) is 1. The summed E-state index contributed by atoms with van der Waals surface area (Å²) >= 11 is 0. The molecular weight excluding hydrogens is 403 g/mol. The van der Waals surface area contributed by atoms with Crippen LogP contribution in [-0.2, 0) is 14.6 Å². The lowest BCUT2D eigenvalue weighted by molar-refractivity contribution is -0.192. The van der Waals surface area contributed by atoms with E-state index in [0.717, 1.165) is 6.42 Å². The molecule has 0 spiro atoms. The minimum absolute atomic E-state index is 0.0478. The average Bonchev–Trinajstić information content (AvgIpc) is 2.80. The van der Waals surface area contributed by atoms with Crippen molar-refractivity contribution in [1.82, 2.24) is 15.1 Å². The predicted octanol–water partition coefficient (Wildman–Crippen LogP) is 1.18. The molecule has 2 heterocycles. The first-order valence-corrected chi connectivity index (χ1v) is 10.7. The Balaban J connectivity index is 0.000000480. The fraction of sp³-hybridized carbons (Fsp3) is 0.875. The Kier molecular flexibility index (Phi) is 8.54. The summed E-state index contributed by atoms with van der Waals surface area (Å²) in [4.78, 5) is 25.0. The van der Waals surface area contributed by atoms with Gasteiger partial charge in [0, 0.05) is 32.2 Å². The second-order valence-corrected chi connectivity index (χ2v) is 9.74. The van der Waals surface area contributed by atoms with E-state index in [1.165, 1.54) is 0 Å². The third-order valence-corrected chi connectivity index (χ3v) is 6.98. The maximum absolute atomic E-state index is 12.3. The van der Waals surface area contributed by atoms with E-state index < -0.39 is 22.0 Å². The number of carbonyl (C=O) groups excluding carboxylic acids is 1. The summed E-state index contributed by atoms with van der Waals surface area (Å²) in [5.41, 5.74) is 0. The van der Waals surface area contributed by atoms with Crippen molar-refractivity contribution in [2.75, 3.05) is 39.0 Å². The predicted molar refractivity (Wildman–Crippen MR) is 96.7 cm³/mol. The number of urea groups is 1. The Morgan fingerprint density at radius 3 is 2.21 bits per heavy atom. The molecule has 164 valence electrons. The van der Waals surface area contributed by atoms with Gasteiger partial charge in [0.2, 0.25) is 0 Å². The summed E-state index contributed by atoms with van der Waals surface area (Å²) in [6.07, 6.45) is -3.80. The summed E-state index contributed by atoms with van der Waals surface area (Å²) in [7, 11) is -1.03. The van der Waals surface area contributed by atoms with Crippen LogP contribution < -0.4 is 5.32 Å². The third-order valence-electron chi connectivity index (χ3n) is 4.75. The Hall–Kier alpha value is -1.56. The second kappa shape index (κ2) is 9.77. The molecule has 0 unspecified atom stereocenters. The Labute approximate surface area is 163 Å². The van der Waals surface area contributed by atoms with Crippen LogP contribution >= 0.6 is 0 Å². The number of carboxylic acids is 1. The zero-order valence-electron chi connectivity index (χ0n) is 16.2. The summed E-state index contributed by atoms with van der Waals surface area (Å²) in [6, 6.07) is -0.0194. The van der Waals surface area contributed by atoms with E-state index in [2.05, 4.69) is 24.1 Å². The van der Waals surface area contributed by atoms with E-state index in [-0.39, 0.29) is 23.1 Å². The standard InChI is InChI=1S/C14H27N3O3S.C2HF3O2/c1-11(2)10-15-14(18)17-6-4-12-13(5-7-17)21(19,20)9-8-16(12)3;3-2(4,5)1(6)7/h11-13H,4-10H2,1-3H3,(H,15,18);(H,6,7)/t12-,13+;/m0./s1. The van der Waals surface area contributed by atoms with Gasteiger partial charge in [-0.1, -0.05) is 13.8 Å². The lowest BCUT2D eigenvalue weighted by Gasteiger charge is -2.37. The van der Waals surface area contributed by atoms with Crippen molar-refractivity contribution in [3.8, 4) is 0 Å². The van der Waals surface area contributed by atoms with Crippen molar-refractivity contribution in [3.63, 3.8) is 0 Å². The minimum atomic E-state index is -5.08. The molecule has 0 aliphatic carbocycles. The fourth-order valence-corrected chi connectivity index (χ4v) is 5.31. The maximum atomic E-state index is 12.3. The van der Waals surface area contributed by atoms with Gasteiger partial charge in [-0.15, -0.1) is 0 Å². The van der Waals surface area contributed by atoms with Crippen molar-refractivity contribution in [2.45, 2.75) is 44.2 Å². The molecule has 2 rings (SSSR count). The van der Waals surface area contributed by atoms with Gasteiger partial charge >= 0.3 is 18.2 Å². The quantitative estimate of drug-likeness (QED) is 0.680. The van der Waals surface area contributed by atoms with Crippen molar-refractivity contribution in [1.29, 1.82) is 0 Å². The highest BCUT2D eigenvalue weighted by molar-refractivity contribution is 7.92. The molecule has 0 saturated carbocycles. The Morgan fingerprint density at radius 1 is 1.18 bits per heavy atom. The van der Waals surface area contributed by atoms with Gasteiger partial charge in [0.05, 0.1) is 11.0 Å². The van der Waals surface area contributed by atoms with Gasteiger partial charge in [0.15, 0.2) is 9.84 Å². The van der Waals surface area contributed by atoms with Crippen LogP contribution in [0.5, 0.6) is 0 Å². The van der Waals surface area contributed by atoms with E-state index in [1.807, 2.05) is 7.05 Å². The van der Waals surface area contributed by atoms with Crippen LogP contribution in [0.15, 0.2) is 0 Å². The number of rotatable bonds is 2. The van der Waals surface area contributed by atoms with Gasteiger partial charge < -0.3 is 20.2 Å². The summed E-state index contributed by atoms with van der Waals surface area (Å²) in [5.74, 6) is -2.10. The minimum Gasteiger partial charge on any atom is -0.475 e. The number of fused-ring (bicyclic) bond motifs is 1. The van der Waals surface area contributed by atoms with Crippen LogP contribution in [0, 0.1) is 5.92 Å². The zero-order chi connectivity index (χ0) is 21.7. The largest absolute Gasteiger partial charge is 0.490 e. The zero-order valence-corrected chi connectivity index (χ0v) is 17.0. The van der Waals surface area contributed by atoms with Crippen LogP contribution in [0.25, 0.3) is 0 Å². The van der Waals surface area contributed by atoms with E-state index in [4.69, 9.17) is 9.90 Å². The molecule has 12 heteroatoms. The highest BCUT2D eigenvalue weighted by Gasteiger charge is 2.42. The second-order valence-electron chi connectivity index (χ2n) is 7.40. The summed E-state index contributed by atoms with van der Waals surface area (Å²) in [5, 5.41) is 9.72. The van der Waals surface area contributed by atoms with Crippen molar-refractivity contribution in [3.05, 3.63) is 0 Å². The molecule has 0 radical (unpaired) electrons. The number of hydrogen-bond donors (Lipinski definition) is 2. The van der Waals surface area contributed by atoms with Gasteiger partial charge in [-0.2, -0.15) is 13.2 Å². The number of nitrogens with zero attached hydrogens (tertiary/aromatic N) is 2. The van der Waals surface area contributed by atoms with Crippen LogP contribution in [0.2, 0.25) is 0 Å². The van der Waals surface area contributed by atoms with Gasteiger partial charge in [-0.25, -0.2) is 18.0 Å². The molecule has 2 saturated heterocycles. The number of hydrogen-bond acceptors (Lipinski definition) is 5. The monoisotopic (exact) mass is 431 g/mol. The normalized spacial score (nSPS) is 25.2. The first-order valence-electron chi connectivity index (χ1n) is 9.00. The van der Waals surface area contributed by atoms with E-state index in [9.17, 15) is 26.4 Å². The van der Waals surface area contributed by atoms with E-state index >= 15 is 0 Å². The topological polar surface area (TPSA) is 107 Å². The Morgan fingerprint density at radius 2 is 1.71 bits per heavy atom. The molecule has 8 nitrogen and oxygen atoms in total. The fourth-order valence-electron chi connectivity index (χ4n) is 3.18. The molecule has 0 aromatic carbocycles. The van der Waals surface area contributed by atoms with Gasteiger partial charge in [-0.3, -0.25) is 0 Å². The summed E-state index contributed by atoms with van der Waals surface area (Å²) < 4.78 is 56.3. The maximum Gasteiger partial charge on any atom is 0.490 e. The number of nitrogens with one attached hydrogen (secondary N) is 1. The molecule has 28 heavy (non-hydrogen) atoms. The number of carboxylic acid groups (broad SMARTS) is 1. The summed E-state index contributed by atoms with van der Waals surface area (Å²) in [6.45, 7) is 6.52. The molecule has 2 amide bonds. The van der Waals surface area contributed by atoms with Crippen LogP contribution in [0.3, 0.4) is 0 Å². The van der Waals surface area contributed by atoms with Crippen LogP contribution in [-0.4, -0.2) is 91.8 Å². The lowest BCUT2D eigenvalue weighted by atomic mass is 10.1. The van der Waals surface area contributed by atoms with Gasteiger partial charge in [0.25, 0.3) is 0 Å². The highest BCUT2D eigenvalue weighted by atomic mass is 32.2. The molecule has 2 aliphatic heterocycles. The van der Waals surface area contributed by atoms with Gasteiger partial charge in [-0.05, 0) is 25.8 Å². The number of alkyl halides is 3. The molecule has 2 aliphatic rings. The first kappa shape index (κ1) is 24.5. The molecule has 0 aromatic rings. The van der Waals surface area contributed by atoms with Crippen molar-refractivity contribution < 1.29 is 36.3 Å². The van der Waals surface area contributed by atoms with Crippen molar-refractivity contribution >= 4 is 21.8 Å². The van der Waals surface area contributed by atoms with E-state index in [0.29, 0.717) is 38.5 Å².